The van der Waals surface area contributed by atoms with Crippen LogP contribution < -0.4 is 0 Å². The average Bonchev–Trinajstić information content (AvgIpc) is 2.74. The van der Waals surface area contributed by atoms with Gasteiger partial charge >= 0.3 is 5.97 Å². The second-order valence-electron chi connectivity index (χ2n) is 3.92. The molecule has 0 aliphatic carbocycles. The van der Waals surface area contributed by atoms with Crippen LogP contribution in [-0.4, -0.2) is 47.7 Å². The highest BCUT2D eigenvalue weighted by atomic mass is 32.1. The number of hydrogen-bond acceptors (Lipinski definition) is 4. The first-order valence-electron chi connectivity index (χ1n) is 5.26. The molecule has 0 radical (unpaired) electrons. The lowest BCUT2D eigenvalue weighted by Gasteiger charge is -2.30. The number of carbonyl (C=O) groups excluding carboxylic acids is 1. The van der Waals surface area contributed by atoms with Crippen LogP contribution in [0, 0.1) is 6.92 Å². The van der Waals surface area contributed by atoms with E-state index in [0.29, 0.717) is 12.1 Å². The monoisotopic (exact) mass is 255 g/mol. The molecule has 5 nitrogen and oxygen atoms in total. The molecule has 1 atom stereocenters. The van der Waals surface area contributed by atoms with E-state index in [-0.39, 0.29) is 19.1 Å². The number of amides is 1. The first-order chi connectivity index (χ1) is 8.09. The molecule has 92 valence electrons. The van der Waals surface area contributed by atoms with E-state index in [4.69, 9.17) is 9.84 Å². The Labute approximate surface area is 103 Å². The van der Waals surface area contributed by atoms with E-state index >= 15 is 0 Å². The molecular weight excluding hydrogens is 242 g/mol. The largest absolute Gasteiger partial charge is 0.479 e. The summed E-state index contributed by atoms with van der Waals surface area (Å²) in [4.78, 5) is 24.5. The number of carbonyl (C=O) groups is 2. The predicted octanol–water partition coefficient (Wildman–Crippen LogP) is 0.982. The summed E-state index contributed by atoms with van der Waals surface area (Å²) in [6.07, 6.45) is -0.911. The van der Waals surface area contributed by atoms with E-state index in [9.17, 15) is 9.59 Å². The first-order valence-corrected chi connectivity index (χ1v) is 6.20. The number of nitrogens with zero attached hydrogens (tertiary/aromatic N) is 1. The highest BCUT2D eigenvalue weighted by Crippen LogP contribution is 2.17. The summed E-state index contributed by atoms with van der Waals surface area (Å²) in [6, 6.07) is 0. The Morgan fingerprint density at radius 1 is 1.53 bits per heavy atom. The fraction of sp³-hybridized carbons (Fsp3) is 0.455. The van der Waals surface area contributed by atoms with E-state index < -0.39 is 12.1 Å². The van der Waals surface area contributed by atoms with E-state index in [0.717, 1.165) is 5.56 Å². The molecule has 1 aliphatic rings. The van der Waals surface area contributed by atoms with E-state index in [1.807, 2.05) is 12.3 Å². The molecule has 2 heterocycles. The predicted molar refractivity (Wildman–Crippen MR) is 62.3 cm³/mol. The third-order valence-corrected chi connectivity index (χ3v) is 3.58. The molecule has 6 heteroatoms. The average molecular weight is 255 g/mol. The number of thiophene rings is 1. The van der Waals surface area contributed by atoms with Gasteiger partial charge in [-0.3, -0.25) is 4.79 Å². The molecule has 2 rings (SSSR count). The minimum atomic E-state index is -1.02. The lowest BCUT2D eigenvalue weighted by atomic mass is 10.1. The van der Waals surface area contributed by atoms with Crippen LogP contribution in [0.4, 0.5) is 0 Å². The van der Waals surface area contributed by atoms with Crippen LogP contribution in [0.5, 0.6) is 0 Å². The van der Waals surface area contributed by atoms with Gasteiger partial charge in [0.25, 0.3) is 5.91 Å². The van der Waals surface area contributed by atoms with Gasteiger partial charge in [0, 0.05) is 11.9 Å². The zero-order chi connectivity index (χ0) is 12.4. The van der Waals surface area contributed by atoms with E-state index in [1.54, 1.807) is 5.38 Å². The summed E-state index contributed by atoms with van der Waals surface area (Å²) in [5.41, 5.74) is 1.58. The van der Waals surface area contributed by atoms with Crippen LogP contribution in [0.3, 0.4) is 0 Å². The van der Waals surface area contributed by atoms with Gasteiger partial charge in [0.1, 0.15) is 0 Å². The quantitative estimate of drug-likeness (QED) is 0.855. The maximum Gasteiger partial charge on any atom is 0.334 e. The minimum Gasteiger partial charge on any atom is -0.479 e. The van der Waals surface area contributed by atoms with E-state index in [2.05, 4.69) is 0 Å². The van der Waals surface area contributed by atoms with Crippen molar-refractivity contribution >= 4 is 23.2 Å². The van der Waals surface area contributed by atoms with Crippen molar-refractivity contribution < 1.29 is 19.4 Å². The molecule has 1 amide bonds. The van der Waals surface area contributed by atoms with Crippen LogP contribution in [0.15, 0.2) is 10.8 Å². The third-order valence-electron chi connectivity index (χ3n) is 2.72. The van der Waals surface area contributed by atoms with Crippen LogP contribution in [0.25, 0.3) is 0 Å². The van der Waals surface area contributed by atoms with Crippen molar-refractivity contribution in [1.82, 2.24) is 4.90 Å². The molecule has 1 saturated heterocycles. The number of aliphatic carboxylic acids is 1. The maximum absolute atomic E-state index is 12.1. The summed E-state index contributed by atoms with van der Waals surface area (Å²) in [6.45, 7) is 2.70. The molecule has 0 saturated carbocycles. The number of carboxylic acids is 1. The maximum atomic E-state index is 12.1. The van der Waals surface area contributed by atoms with Gasteiger partial charge < -0.3 is 14.7 Å². The van der Waals surface area contributed by atoms with Crippen molar-refractivity contribution in [3.05, 3.63) is 21.9 Å². The highest BCUT2D eigenvalue weighted by molar-refractivity contribution is 7.08. The Bertz CT molecular complexity index is 442. The highest BCUT2D eigenvalue weighted by Gasteiger charge is 2.29. The third kappa shape index (κ3) is 2.48. The molecule has 17 heavy (non-hydrogen) atoms. The number of hydrogen-bond donors (Lipinski definition) is 1. The topological polar surface area (TPSA) is 66.8 Å². The Morgan fingerprint density at radius 3 is 2.88 bits per heavy atom. The van der Waals surface area contributed by atoms with Gasteiger partial charge in [-0.15, -0.1) is 0 Å². The van der Waals surface area contributed by atoms with Gasteiger partial charge in [0.2, 0.25) is 0 Å². The molecule has 0 bridgehead atoms. The number of ether oxygens (including phenoxy) is 1. The molecule has 1 aliphatic heterocycles. The Balaban J connectivity index is 2.10. The van der Waals surface area contributed by atoms with Crippen LogP contribution in [0.2, 0.25) is 0 Å². The minimum absolute atomic E-state index is 0.113. The standard InChI is InChI=1S/C11H13NO4S/c1-7-5-17-6-8(7)10(13)12-2-3-16-9(4-12)11(14)15/h5-6,9H,2-4H2,1H3,(H,14,15). The van der Waals surface area contributed by atoms with Gasteiger partial charge in [-0.25, -0.2) is 4.79 Å². The molecule has 0 spiro atoms. The summed E-state index contributed by atoms with van der Waals surface area (Å²) in [5, 5.41) is 12.6. The van der Waals surface area contributed by atoms with Gasteiger partial charge in [-0.1, -0.05) is 0 Å². The Hall–Kier alpha value is -1.40. The normalized spacial score (nSPS) is 20.3. The van der Waals surface area contributed by atoms with Crippen LogP contribution in [0.1, 0.15) is 15.9 Å². The van der Waals surface area contributed by atoms with Gasteiger partial charge in [-0.05, 0) is 17.9 Å². The van der Waals surface area contributed by atoms with Crippen molar-refractivity contribution in [3.8, 4) is 0 Å². The van der Waals surface area contributed by atoms with Gasteiger partial charge in [0.15, 0.2) is 6.10 Å². The molecule has 1 N–H and O–H groups in total. The van der Waals surface area contributed by atoms with Crippen molar-refractivity contribution in [1.29, 1.82) is 0 Å². The lowest BCUT2D eigenvalue weighted by molar-refractivity contribution is -0.154. The lowest BCUT2D eigenvalue weighted by Crippen LogP contribution is -2.48. The first kappa shape index (κ1) is 12.1. The van der Waals surface area contributed by atoms with Gasteiger partial charge in [-0.2, -0.15) is 11.3 Å². The van der Waals surface area contributed by atoms with Crippen LogP contribution >= 0.6 is 11.3 Å². The second kappa shape index (κ2) is 4.85. The number of carboxylic acid groups (broad SMARTS) is 1. The van der Waals surface area contributed by atoms with Gasteiger partial charge in [0.05, 0.1) is 18.7 Å². The summed E-state index contributed by atoms with van der Waals surface area (Å²) in [7, 11) is 0. The second-order valence-corrected chi connectivity index (χ2v) is 4.66. The van der Waals surface area contributed by atoms with E-state index in [1.165, 1.54) is 16.2 Å². The summed E-state index contributed by atoms with van der Waals surface area (Å²) >= 11 is 1.47. The fourth-order valence-electron chi connectivity index (χ4n) is 1.73. The summed E-state index contributed by atoms with van der Waals surface area (Å²) < 4.78 is 5.08. The summed E-state index contributed by atoms with van der Waals surface area (Å²) in [5.74, 6) is -1.14. The smallest absolute Gasteiger partial charge is 0.334 e. The van der Waals surface area contributed by atoms with Crippen molar-refractivity contribution in [2.45, 2.75) is 13.0 Å². The molecule has 1 aromatic heterocycles. The van der Waals surface area contributed by atoms with Crippen molar-refractivity contribution in [2.75, 3.05) is 19.7 Å². The molecule has 0 aromatic carbocycles. The van der Waals surface area contributed by atoms with Crippen molar-refractivity contribution in [2.24, 2.45) is 0 Å². The van der Waals surface area contributed by atoms with Crippen molar-refractivity contribution in [3.63, 3.8) is 0 Å². The fourth-order valence-corrected chi connectivity index (χ4v) is 2.56. The Morgan fingerprint density at radius 2 is 2.29 bits per heavy atom. The zero-order valence-electron chi connectivity index (χ0n) is 9.38. The molecular formula is C11H13NO4S. The molecule has 1 unspecified atom stereocenters. The zero-order valence-corrected chi connectivity index (χ0v) is 10.2. The number of rotatable bonds is 2. The molecule has 1 fully saturated rings. The number of aryl methyl sites for hydroxylation is 1. The molecule has 1 aromatic rings. The van der Waals surface area contributed by atoms with Crippen LogP contribution in [-0.2, 0) is 9.53 Å². The number of morpholine rings is 1. The Kier molecular flexibility index (Phi) is 3.44. The SMILES string of the molecule is Cc1cscc1C(=O)N1CCOC(C(=O)O)C1.